The van der Waals surface area contributed by atoms with Gasteiger partial charge < -0.3 is 14.8 Å². The van der Waals surface area contributed by atoms with Crippen LogP contribution in [-0.2, 0) is 6.42 Å². The first-order valence-electron chi connectivity index (χ1n) is 8.18. The molecule has 0 saturated heterocycles. The van der Waals surface area contributed by atoms with Gasteiger partial charge in [-0.3, -0.25) is 4.90 Å². The zero-order valence-electron chi connectivity index (χ0n) is 13.8. The lowest BCUT2D eigenvalue weighted by molar-refractivity contribution is 0.241. The van der Waals surface area contributed by atoms with Gasteiger partial charge in [0.05, 0.1) is 13.7 Å². The highest BCUT2D eigenvalue weighted by Crippen LogP contribution is 2.26. The fourth-order valence-corrected chi connectivity index (χ4v) is 2.84. The molecule has 0 saturated carbocycles. The number of hydrogen-bond acceptors (Lipinski definition) is 3. The molecular weight excluding hydrogens is 304 g/mol. The molecule has 0 atom stereocenters. The summed E-state index contributed by atoms with van der Waals surface area (Å²) in [6, 6.07) is 15.4. The van der Waals surface area contributed by atoms with E-state index in [1.54, 1.807) is 7.11 Å². The molecule has 0 unspecified atom stereocenters. The fraction of sp³-hybridized carbons (Fsp3) is 0.316. The minimum absolute atomic E-state index is 0.0690. The van der Waals surface area contributed by atoms with Crippen LogP contribution in [0, 0.1) is 0 Å². The van der Waals surface area contributed by atoms with Crippen molar-refractivity contribution in [3.8, 4) is 11.5 Å². The average Bonchev–Trinajstić information content (AvgIpc) is 2.65. The molecule has 2 amide bonds. The van der Waals surface area contributed by atoms with Crippen LogP contribution in [0.15, 0.2) is 48.5 Å². The van der Waals surface area contributed by atoms with E-state index in [0.29, 0.717) is 13.2 Å². The fourth-order valence-electron chi connectivity index (χ4n) is 2.84. The van der Waals surface area contributed by atoms with E-state index in [4.69, 9.17) is 9.47 Å². The maximum atomic E-state index is 12.4. The monoisotopic (exact) mass is 326 g/mol. The molecule has 0 bridgehead atoms. The third-order valence-corrected chi connectivity index (χ3v) is 4.06. The molecule has 0 fully saturated rings. The molecule has 0 spiro atoms. The quantitative estimate of drug-likeness (QED) is 0.858. The summed E-state index contributed by atoms with van der Waals surface area (Å²) in [5, 5.41) is 2.92. The normalized spacial score (nSPS) is 13.1. The van der Waals surface area contributed by atoms with Gasteiger partial charge >= 0.3 is 6.03 Å². The number of rotatable bonds is 5. The van der Waals surface area contributed by atoms with Crippen molar-refractivity contribution >= 4 is 11.7 Å². The standard InChI is InChI=1S/C19H22N2O3/c1-23-16-8-10-17(11-9-16)24-14-12-20-19(22)21-13-4-6-15-5-2-3-7-18(15)21/h2-3,5,7-11H,4,6,12-14H2,1H3,(H,20,22). The summed E-state index contributed by atoms with van der Waals surface area (Å²) in [6.07, 6.45) is 2.02. The molecule has 1 heterocycles. The first-order chi connectivity index (χ1) is 11.8. The molecule has 126 valence electrons. The number of carbonyl (C=O) groups excluding carboxylic acids is 1. The molecule has 0 radical (unpaired) electrons. The van der Waals surface area contributed by atoms with E-state index in [9.17, 15) is 4.79 Å². The molecule has 3 rings (SSSR count). The minimum Gasteiger partial charge on any atom is -0.497 e. The number of ether oxygens (including phenoxy) is 2. The molecule has 24 heavy (non-hydrogen) atoms. The smallest absolute Gasteiger partial charge is 0.321 e. The number of methoxy groups -OCH3 is 1. The largest absolute Gasteiger partial charge is 0.497 e. The number of carbonyl (C=O) groups is 1. The number of fused-ring (bicyclic) bond motifs is 1. The number of nitrogens with zero attached hydrogens (tertiary/aromatic N) is 1. The summed E-state index contributed by atoms with van der Waals surface area (Å²) < 4.78 is 10.7. The number of nitrogens with one attached hydrogen (secondary N) is 1. The van der Waals surface area contributed by atoms with Gasteiger partial charge in [-0.25, -0.2) is 4.79 Å². The average molecular weight is 326 g/mol. The summed E-state index contributed by atoms with van der Waals surface area (Å²) in [6.45, 7) is 1.64. The van der Waals surface area contributed by atoms with E-state index in [1.165, 1.54) is 5.56 Å². The number of para-hydroxylation sites is 1. The third-order valence-electron chi connectivity index (χ3n) is 4.06. The topological polar surface area (TPSA) is 50.8 Å². The molecule has 2 aromatic carbocycles. The van der Waals surface area contributed by atoms with Crippen LogP contribution >= 0.6 is 0 Å². The van der Waals surface area contributed by atoms with E-state index in [-0.39, 0.29) is 6.03 Å². The molecule has 1 aliphatic heterocycles. The van der Waals surface area contributed by atoms with Crippen LogP contribution in [0.2, 0.25) is 0 Å². The van der Waals surface area contributed by atoms with Gasteiger partial charge in [0.1, 0.15) is 18.1 Å². The zero-order valence-corrected chi connectivity index (χ0v) is 13.8. The van der Waals surface area contributed by atoms with Gasteiger partial charge in [-0.1, -0.05) is 18.2 Å². The Morgan fingerprint density at radius 3 is 2.67 bits per heavy atom. The number of urea groups is 1. The van der Waals surface area contributed by atoms with Gasteiger partial charge in [0.25, 0.3) is 0 Å². The number of aryl methyl sites for hydroxylation is 1. The lowest BCUT2D eigenvalue weighted by Crippen LogP contribution is -2.44. The highest BCUT2D eigenvalue weighted by Gasteiger charge is 2.21. The summed E-state index contributed by atoms with van der Waals surface area (Å²) in [4.78, 5) is 14.2. The second-order valence-corrected chi connectivity index (χ2v) is 5.64. The van der Waals surface area contributed by atoms with Crippen molar-refractivity contribution in [3.05, 3.63) is 54.1 Å². The Hall–Kier alpha value is -2.69. The lowest BCUT2D eigenvalue weighted by atomic mass is 10.0. The number of benzene rings is 2. The van der Waals surface area contributed by atoms with E-state index < -0.39 is 0 Å². The van der Waals surface area contributed by atoms with Crippen molar-refractivity contribution in [2.45, 2.75) is 12.8 Å². The Labute approximate surface area is 142 Å². The van der Waals surface area contributed by atoms with Crippen LogP contribution in [0.1, 0.15) is 12.0 Å². The SMILES string of the molecule is COc1ccc(OCCNC(=O)N2CCCc3ccccc32)cc1. The highest BCUT2D eigenvalue weighted by molar-refractivity contribution is 5.93. The molecule has 1 N–H and O–H groups in total. The zero-order chi connectivity index (χ0) is 16.8. The second kappa shape index (κ2) is 7.73. The van der Waals surface area contributed by atoms with Crippen molar-refractivity contribution < 1.29 is 14.3 Å². The predicted octanol–water partition coefficient (Wildman–Crippen LogP) is 3.24. The van der Waals surface area contributed by atoms with E-state index in [2.05, 4.69) is 11.4 Å². The Morgan fingerprint density at radius 1 is 1.12 bits per heavy atom. The van der Waals surface area contributed by atoms with Gasteiger partial charge in [0.15, 0.2) is 0 Å². The number of anilines is 1. The Balaban J connectivity index is 1.48. The summed E-state index contributed by atoms with van der Waals surface area (Å²) in [5.74, 6) is 1.55. The minimum atomic E-state index is -0.0690. The molecule has 1 aliphatic rings. The van der Waals surface area contributed by atoms with E-state index >= 15 is 0 Å². The summed E-state index contributed by atoms with van der Waals surface area (Å²) in [5.41, 5.74) is 2.24. The Kier molecular flexibility index (Phi) is 5.21. The molecule has 5 heteroatoms. The van der Waals surface area contributed by atoms with Gasteiger partial charge in [0.2, 0.25) is 0 Å². The van der Waals surface area contributed by atoms with Crippen molar-refractivity contribution in [2.75, 3.05) is 31.7 Å². The Morgan fingerprint density at radius 2 is 1.88 bits per heavy atom. The van der Waals surface area contributed by atoms with Crippen LogP contribution in [0.3, 0.4) is 0 Å². The maximum absolute atomic E-state index is 12.4. The summed E-state index contributed by atoms with van der Waals surface area (Å²) in [7, 11) is 1.63. The highest BCUT2D eigenvalue weighted by atomic mass is 16.5. The van der Waals surface area contributed by atoms with Gasteiger partial charge in [-0.2, -0.15) is 0 Å². The van der Waals surface area contributed by atoms with Crippen molar-refractivity contribution in [1.82, 2.24) is 5.32 Å². The number of hydrogen-bond donors (Lipinski definition) is 1. The molecule has 5 nitrogen and oxygen atoms in total. The van der Waals surface area contributed by atoms with Crippen molar-refractivity contribution in [2.24, 2.45) is 0 Å². The van der Waals surface area contributed by atoms with Crippen LogP contribution < -0.4 is 19.7 Å². The lowest BCUT2D eigenvalue weighted by Gasteiger charge is -2.29. The van der Waals surface area contributed by atoms with Gasteiger partial charge in [0, 0.05) is 12.2 Å². The van der Waals surface area contributed by atoms with Crippen LogP contribution in [0.25, 0.3) is 0 Å². The Bertz CT molecular complexity index is 685. The van der Waals surface area contributed by atoms with E-state index in [0.717, 1.165) is 36.6 Å². The molecular formula is C19H22N2O3. The predicted molar refractivity (Wildman–Crippen MR) is 94.0 cm³/mol. The van der Waals surface area contributed by atoms with Crippen molar-refractivity contribution in [3.63, 3.8) is 0 Å². The number of amides is 2. The molecule has 2 aromatic rings. The van der Waals surface area contributed by atoms with Crippen molar-refractivity contribution in [1.29, 1.82) is 0 Å². The first-order valence-corrected chi connectivity index (χ1v) is 8.18. The van der Waals surface area contributed by atoms with E-state index in [1.807, 2.05) is 47.4 Å². The third kappa shape index (κ3) is 3.79. The summed E-state index contributed by atoms with van der Waals surface area (Å²) >= 11 is 0. The molecule has 0 aromatic heterocycles. The van der Waals surface area contributed by atoms with Crippen LogP contribution in [-0.4, -0.2) is 32.8 Å². The molecule has 0 aliphatic carbocycles. The second-order valence-electron chi connectivity index (χ2n) is 5.64. The van der Waals surface area contributed by atoms with Gasteiger partial charge in [-0.15, -0.1) is 0 Å². The van der Waals surface area contributed by atoms with Crippen LogP contribution in [0.4, 0.5) is 10.5 Å². The van der Waals surface area contributed by atoms with Crippen LogP contribution in [0.5, 0.6) is 11.5 Å². The maximum Gasteiger partial charge on any atom is 0.321 e. The first kappa shape index (κ1) is 16.2. The van der Waals surface area contributed by atoms with Gasteiger partial charge in [-0.05, 0) is 48.7 Å².